The third-order valence-corrected chi connectivity index (χ3v) is 7.78. The van der Waals surface area contributed by atoms with Crippen LogP contribution in [0.15, 0.2) is 65.6 Å². The molecule has 2 aromatic rings. The molecule has 1 heterocycles. The van der Waals surface area contributed by atoms with Crippen molar-refractivity contribution in [2.45, 2.75) is 37.1 Å². The highest BCUT2D eigenvalue weighted by Crippen LogP contribution is 2.19. The number of hydrogen-bond donors (Lipinski definition) is 1. The molecule has 0 aromatic heterocycles. The molecule has 1 amide bonds. The maximum atomic E-state index is 12.8. The van der Waals surface area contributed by atoms with E-state index in [4.69, 9.17) is 0 Å². The van der Waals surface area contributed by atoms with Crippen molar-refractivity contribution in [3.63, 3.8) is 0 Å². The molecule has 1 N–H and O–H groups in total. The minimum absolute atomic E-state index is 0.0104. The Balaban J connectivity index is 1.52. The Morgan fingerprint density at radius 3 is 2.10 bits per heavy atom. The summed E-state index contributed by atoms with van der Waals surface area (Å²) in [6.45, 7) is 6.46. The van der Waals surface area contributed by atoms with Crippen molar-refractivity contribution in [3.8, 4) is 0 Å². The summed E-state index contributed by atoms with van der Waals surface area (Å²) in [4.78, 5) is 15.1. The molecule has 0 unspecified atom stereocenters. The minimum Gasteiger partial charge on any atom is -0.354 e. The lowest BCUT2D eigenvalue weighted by atomic mass is 9.96. The van der Waals surface area contributed by atoms with Crippen LogP contribution in [0, 0.1) is 0 Å². The first-order valence-corrected chi connectivity index (χ1v) is 12.0. The Morgan fingerprint density at radius 2 is 1.53 bits per heavy atom. The van der Waals surface area contributed by atoms with Crippen molar-refractivity contribution < 1.29 is 13.2 Å². The van der Waals surface area contributed by atoms with Crippen molar-refractivity contribution in [3.05, 3.63) is 66.2 Å². The van der Waals surface area contributed by atoms with E-state index in [9.17, 15) is 13.2 Å². The summed E-state index contributed by atoms with van der Waals surface area (Å²) in [5, 5.41) is 3.08. The molecule has 0 aliphatic carbocycles. The van der Waals surface area contributed by atoms with E-state index in [0.717, 1.165) is 6.42 Å². The van der Waals surface area contributed by atoms with Crippen molar-refractivity contribution in [2.75, 3.05) is 32.7 Å². The summed E-state index contributed by atoms with van der Waals surface area (Å²) in [6.07, 6.45) is 0.953. The van der Waals surface area contributed by atoms with Gasteiger partial charge in [-0.25, -0.2) is 8.42 Å². The molecule has 30 heavy (non-hydrogen) atoms. The van der Waals surface area contributed by atoms with Gasteiger partial charge in [-0.3, -0.25) is 9.69 Å². The fourth-order valence-corrected chi connectivity index (χ4v) is 5.28. The zero-order chi connectivity index (χ0) is 21.6. The highest BCUT2D eigenvalue weighted by atomic mass is 32.2. The lowest BCUT2D eigenvalue weighted by molar-refractivity contribution is -0.126. The van der Waals surface area contributed by atoms with Gasteiger partial charge in [-0.1, -0.05) is 55.5 Å². The number of hydrogen-bond acceptors (Lipinski definition) is 4. The number of sulfonamides is 1. The van der Waals surface area contributed by atoms with E-state index in [1.807, 2.05) is 25.1 Å². The molecule has 0 radical (unpaired) electrons. The molecular formula is C23H31N3O3S. The summed E-state index contributed by atoms with van der Waals surface area (Å²) in [5.41, 5.74) is 1.23. The van der Waals surface area contributed by atoms with Crippen LogP contribution in [0.2, 0.25) is 0 Å². The van der Waals surface area contributed by atoms with Crippen LogP contribution >= 0.6 is 0 Å². The van der Waals surface area contributed by atoms with Crippen LogP contribution < -0.4 is 5.32 Å². The largest absolute Gasteiger partial charge is 0.354 e. The van der Waals surface area contributed by atoms with E-state index in [1.54, 1.807) is 30.3 Å². The van der Waals surface area contributed by atoms with E-state index in [0.29, 0.717) is 37.6 Å². The molecular weight excluding hydrogens is 398 g/mol. The van der Waals surface area contributed by atoms with E-state index < -0.39 is 10.0 Å². The van der Waals surface area contributed by atoms with Gasteiger partial charge >= 0.3 is 0 Å². The van der Waals surface area contributed by atoms with Crippen LogP contribution in [-0.4, -0.2) is 62.3 Å². The number of piperazine rings is 1. The fraction of sp³-hybridized carbons (Fsp3) is 0.435. The van der Waals surface area contributed by atoms with E-state index in [-0.39, 0.29) is 17.9 Å². The van der Waals surface area contributed by atoms with Crippen molar-refractivity contribution in [1.29, 1.82) is 0 Å². The van der Waals surface area contributed by atoms with Gasteiger partial charge < -0.3 is 5.32 Å². The Labute approximate surface area is 179 Å². The number of carbonyl (C=O) groups is 1. The first-order valence-electron chi connectivity index (χ1n) is 10.6. The quantitative estimate of drug-likeness (QED) is 0.701. The van der Waals surface area contributed by atoms with Gasteiger partial charge in [0.1, 0.15) is 0 Å². The van der Waals surface area contributed by atoms with Crippen LogP contribution in [0.3, 0.4) is 0 Å². The maximum absolute atomic E-state index is 12.8. The van der Waals surface area contributed by atoms with Crippen LogP contribution in [0.25, 0.3) is 0 Å². The molecule has 2 aromatic carbocycles. The first kappa shape index (κ1) is 22.5. The monoisotopic (exact) mass is 429 g/mol. The van der Waals surface area contributed by atoms with Crippen molar-refractivity contribution in [1.82, 2.24) is 14.5 Å². The van der Waals surface area contributed by atoms with Crippen molar-refractivity contribution in [2.24, 2.45) is 0 Å². The molecule has 1 saturated heterocycles. The molecule has 1 aliphatic rings. The first-order chi connectivity index (χ1) is 14.4. The third-order valence-electron chi connectivity index (χ3n) is 5.87. The molecule has 1 fully saturated rings. The predicted molar refractivity (Wildman–Crippen MR) is 119 cm³/mol. The zero-order valence-electron chi connectivity index (χ0n) is 17.7. The van der Waals surface area contributed by atoms with E-state index in [2.05, 4.69) is 29.3 Å². The number of nitrogens with zero attached hydrogens (tertiary/aromatic N) is 2. The second-order valence-corrected chi connectivity index (χ2v) is 9.63. The zero-order valence-corrected chi connectivity index (χ0v) is 18.5. The van der Waals surface area contributed by atoms with E-state index in [1.165, 1.54) is 9.87 Å². The second-order valence-electron chi connectivity index (χ2n) is 7.69. The molecule has 0 saturated carbocycles. The number of rotatable bonds is 8. The smallest absolute Gasteiger partial charge is 0.243 e. The summed E-state index contributed by atoms with van der Waals surface area (Å²) in [5.74, 6) is 0.277. The standard InChI is InChI=1S/C23H31N3O3S/c1-3-20(21-10-6-4-7-11-21)18-24-23(27)19(2)25-14-16-26(17-15-25)30(28,29)22-12-8-5-9-13-22/h4-13,19-20H,3,14-18H2,1-2H3,(H,24,27)/t19-,20-/m0/s1. The molecule has 0 spiro atoms. The highest BCUT2D eigenvalue weighted by molar-refractivity contribution is 7.89. The van der Waals surface area contributed by atoms with Crippen LogP contribution in [0.4, 0.5) is 0 Å². The molecule has 162 valence electrons. The minimum atomic E-state index is -3.48. The van der Waals surface area contributed by atoms with Crippen molar-refractivity contribution >= 4 is 15.9 Å². The van der Waals surface area contributed by atoms with Gasteiger partial charge in [0.25, 0.3) is 0 Å². The Kier molecular flexibility index (Phi) is 7.64. The Hall–Kier alpha value is -2.22. The maximum Gasteiger partial charge on any atom is 0.243 e. The van der Waals surface area contributed by atoms with Gasteiger partial charge in [-0.2, -0.15) is 4.31 Å². The molecule has 3 rings (SSSR count). The highest BCUT2D eigenvalue weighted by Gasteiger charge is 2.31. The average Bonchev–Trinajstić information content (AvgIpc) is 2.80. The number of benzene rings is 2. The number of amides is 1. The lowest BCUT2D eigenvalue weighted by Gasteiger charge is -2.36. The number of nitrogens with one attached hydrogen (secondary N) is 1. The lowest BCUT2D eigenvalue weighted by Crippen LogP contribution is -2.55. The summed E-state index contributed by atoms with van der Waals surface area (Å²) >= 11 is 0. The Bertz CT molecular complexity index is 911. The SMILES string of the molecule is CC[C@@H](CNC(=O)[C@H](C)N1CCN(S(=O)(=O)c2ccccc2)CC1)c1ccccc1. The van der Waals surface area contributed by atoms with Gasteiger partial charge in [0.05, 0.1) is 10.9 Å². The van der Waals surface area contributed by atoms with Crippen LogP contribution in [-0.2, 0) is 14.8 Å². The topological polar surface area (TPSA) is 69.7 Å². The van der Waals surface area contributed by atoms with Gasteiger partial charge in [-0.05, 0) is 31.0 Å². The summed E-state index contributed by atoms with van der Waals surface area (Å²) in [7, 11) is -3.48. The summed E-state index contributed by atoms with van der Waals surface area (Å²) in [6, 6.07) is 18.4. The number of carbonyl (C=O) groups excluding carboxylic acids is 1. The average molecular weight is 430 g/mol. The predicted octanol–water partition coefficient (Wildman–Crippen LogP) is 2.69. The van der Waals surface area contributed by atoms with Gasteiger partial charge in [0.15, 0.2) is 0 Å². The molecule has 6 nitrogen and oxygen atoms in total. The van der Waals surface area contributed by atoms with Gasteiger partial charge in [0, 0.05) is 38.6 Å². The van der Waals surface area contributed by atoms with Gasteiger partial charge in [0.2, 0.25) is 15.9 Å². The Morgan fingerprint density at radius 1 is 0.967 bits per heavy atom. The molecule has 0 bridgehead atoms. The van der Waals surface area contributed by atoms with E-state index >= 15 is 0 Å². The van der Waals surface area contributed by atoms with Gasteiger partial charge in [-0.15, -0.1) is 0 Å². The molecule has 2 atom stereocenters. The van der Waals surface area contributed by atoms with Crippen LogP contribution in [0.5, 0.6) is 0 Å². The van der Waals surface area contributed by atoms with Crippen LogP contribution in [0.1, 0.15) is 31.7 Å². The molecule has 7 heteroatoms. The third kappa shape index (κ3) is 5.28. The fourth-order valence-electron chi connectivity index (χ4n) is 3.83. The molecule has 1 aliphatic heterocycles. The second kappa shape index (κ2) is 10.2. The summed E-state index contributed by atoms with van der Waals surface area (Å²) < 4.78 is 27.0. The normalized spacial score (nSPS) is 17.9.